The van der Waals surface area contributed by atoms with Gasteiger partial charge in [-0.05, 0) is 0 Å². The van der Waals surface area contributed by atoms with Crippen LogP contribution in [-0.4, -0.2) is 24.7 Å². The first-order chi connectivity index (χ1) is 8.47. The standard InChI is InChI=1S/C7H6N6O4S/c8-6-11-10-4(18-6)2-12-1-3(13(16)17)5(14)9-7(12)15/h1H,2H2,(H2,8,11)(H,9,14,15). The number of hydrogen-bond acceptors (Lipinski definition) is 8. The predicted molar refractivity (Wildman–Crippen MR) is 61.4 cm³/mol. The maximum atomic E-state index is 11.4. The second-order valence-corrected chi connectivity index (χ2v) is 4.29. The zero-order valence-electron chi connectivity index (χ0n) is 8.69. The van der Waals surface area contributed by atoms with E-state index in [1.165, 1.54) is 0 Å². The smallest absolute Gasteiger partial charge is 0.350 e. The lowest BCUT2D eigenvalue weighted by atomic mass is 10.5. The van der Waals surface area contributed by atoms with Crippen molar-refractivity contribution in [3.8, 4) is 0 Å². The molecule has 0 fully saturated rings. The molecule has 10 nitrogen and oxygen atoms in total. The highest BCUT2D eigenvalue weighted by Crippen LogP contribution is 2.11. The molecule has 0 amide bonds. The molecular formula is C7H6N6O4S. The van der Waals surface area contributed by atoms with E-state index in [0.717, 1.165) is 22.1 Å². The normalized spacial score (nSPS) is 10.4. The molecule has 0 atom stereocenters. The van der Waals surface area contributed by atoms with Crippen LogP contribution in [0.1, 0.15) is 5.01 Å². The van der Waals surface area contributed by atoms with Crippen molar-refractivity contribution in [1.29, 1.82) is 0 Å². The number of aromatic amines is 1. The van der Waals surface area contributed by atoms with Gasteiger partial charge in [-0.2, -0.15) is 0 Å². The highest BCUT2D eigenvalue weighted by molar-refractivity contribution is 7.15. The molecule has 94 valence electrons. The molecule has 0 unspecified atom stereocenters. The van der Waals surface area contributed by atoms with Crippen molar-refractivity contribution < 1.29 is 4.92 Å². The van der Waals surface area contributed by atoms with E-state index in [9.17, 15) is 19.7 Å². The molecule has 0 aliphatic rings. The lowest BCUT2D eigenvalue weighted by Crippen LogP contribution is -2.31. The Morgan fingerprint density at radius 2 is 2.22 bits per heavy atom. The molecule has 0 radical (unpaired) electrons. The van der Waals surface area contributed by atoms with E-state index in [-0.39, 0.29) is 11.7 Å². The quantitative estimate of drug-likeness (QED) is 0.532. The lowest BCUT2D eigenvalue weighted by molar-refractivity contribution is -0.386. The first-order valence-corrected chi connectivity index (χ1v) is 5.35. The van der Waals surface area contributed by atoms with E-state index in [1.54, 1.807) is 0 Å². The number of H-pyrrole nitrogens is 1. The summed E-state index contributed by atoms with van der Waals surface area (Å²) in [5, 5.41) is 18.4. The van der Waals surface area contributed by atoms with Gasteiger partial charge < -0.3 is 5.73 Å². The Morgan fingerprint density at radius 1 is 1.50 bits per heavy atom. The van der Waals surface area contributed by atoms with Gasteiger partial charge in [-0.15, -0.1) is 10.2 Å². The molecule has 3 N–H and O–H groups in total. The molecule has 2 aromatic heterocycles. The van der Waals surface area contributed by atoms with Gasteiger partial charge in [0.15, 0.2) is 0 Å². The fraction of sp³-hybridized carbons (Fsp3) is 0.143. The van der Waals surface area contributed by atoms with Crippen molar-refractivity contribution in [3.63, 3.8) is 0 Å². The molecule has 0 saturated carbocycles. The summed E-state index contributed by atoms with van der Waals surface area (Å²) in [5.74, 6) is 0. The maximum Gasteiger partial charge on any atom is 0.350 e. The minimum Gasteiger partial charge on any atom is -0.374 e. The summed E-state index contributed by atoms with van der Waals surface area (Å²) in [4.78, 5) is 34.1. The fourth-order valence-corrected chi connectivity index (χ4v) is 1.83. The average molecular weight is 270 g/mol. The molecule has 18 heavy (non-hydrogen) atoms. The second-order valence-electron chi connectivity index (χ2n) is 3.19. The van der Waals surface area contributed by atoms with Crippen LogP contribution in [0.4, 0.5) is 10.8 Å². The summed E-state index contributed by atoms with van der Waals surface area (Å²) >= 11 is 1.04. The summed E-state index contributed by atoms with van der Waals surface area (Å²) in [5.41, 5.74) is 2.84. The molecule has 2 rings (SSSR count). The van der Waals surface area contributed by atoms with Crippen molar-refractivity contribution >= 4 is 22.2 Å². The highest BCUT2D eigenvalue weighted by Gasteiger charge is 2.15. The van der Waals surface area contributed by atoms with E-state index in [1.807, 2.05) is 4.98 Å². The van der Waals surface area contributed by atoms with Gasteiger partial charge >= 0.3 is 16.9 Å². The molecule has 0 saturated heterocycles. The van der Waals surface area contributed by atoms with Crippen LogP contribution in [0.5, 0.6) is 0 Å². The number of nitrogens with two attached hydrogens (primary N) is 1. The first kappa shape index (κ1) is 11.9. The molecule has 0 aliphatic heterocycles. The number of hydrogen-bond donors (Lipinski definition) is 2. The zero-order valence-corrected chi connectivity index (χ0v) is 9.51. The van der Waals surface area contributed by atoms with Gasteiger partial charge in [0, 0.05) is 0 Å². The fourth-order valence-electron chi connectivity index (χ4n) is 1.22. The van der Waals surface area contributed by atoms with Crippen LogP contribution in [0.3, 0.4) is 0 Å². The Kier molecular flexibility index (Phi) is 2.89. The Hall–Kier alpha value is -2.56. The Bertz CT molecular complexity index is 715. The number of anilines is 1. The van der Waals surface area contributed by atoms with E-state index in [4.69, 9.17) is 5.73 Å². The summed E-state index contributed by atoms with van der Waals surface area (Å²) in [6.45, 7) is -0.0503. The molecule has 2 aromatic rings. The molecule has 0 bridgehead atoms. The monoisotopic (exact) mass is 270 g/mol. The largest absolute Gasteiger partial charge is 0.374 e. The van der Waals surface area contributed by atoms with Gasteiger partial charge in [-0.25, -0.2) is 4.79 Å². The van der Waals surface area contributed by atoms with Gasteiger partial charge in [0.25, 0.3) is 0 Å². The third-order valence-corrected chi connectivity index (χ3v) is 2.71. The average Bonchev–Trinajstić information content (AvgIpc) is 2.67. The summed E-state index contributed by atoms with van der Waals surface area (Å²) < 4.78 is 0.958. The number of nitrogen functional groups attached to an aromatic ring is 1. The van der Waals surface area contributed by atoms with Crippen LogP contribution in [0.2, 0.25) is 0 Å². The van der Waals surface area contributed by atoms with Crippen LogP contribution < -0.4 is 17.0 Å². The summed E-state index contributed by atoms with van der Waals surface area (Å²) in [7, 11) is 0. The van der Waals surface area contributed by atoms with E-state index in [2.05, 4.69) is 10.2 Å². The minimum atomic E-state index is -1.04. The SMILES string of the molecule is Nc1nnc(Cn2cc([N+](=O)[O-])c(=O)[nH]c2=O)s1. The molecule has 0 aliphatic carbocycles. The van der Waals surface area contributed by atoms with Crippen LogP contribution >= 0.6 is 11.3 Å². The zero-order chi connectivity index (χ0) is 13.3. The molecule has 0 spiro atoms. The maximum absolute atomic E-state index is 11.4. The van der Waals surface area contributed by atoms with E-state index < -0.39 is 21.9 Å². The van der Waals surface area contributed by atoms with E-state index >= 15 is 0 Å². The van der Waals surface area contributed by atoms with Crippen molar-refractivity contribution in [1.82, 2.24) is 19.7 Å². The van der Waals surface area contributed by atoms with Crippen molar-refractivity contribution in [3.05, 3.63) is 42.2 Å². The van der Waals surface area contributed by atoms with Crippen molar-refractivity contribution in [2.75, 3.05) is 5.73 Å². The summed E-state index contributed by atoms with van der Waals surface area (Å²) in [6, 6.07) is 0. The third-order valence-electron chi connectivity index (χ3n) is 1.98. The Balaban J connectivity index is 2.45. The van der Waals surface area contributed by atoms with Gasteiger partial charge in [0.2, 0.25) is 5.13 Å². The van der Waals surface area contributed by atoms with Gasteiger partial charge in [0.1, 0.15) is 5.01 Å². The number of rotatable bonds is 3. The van der Waals surface area contributed by atoms with E-state index in [0.29, 0.717) is 5.01 Å². The molecule has 2 heterocycles. The first-order valence-electron chi connectivity index (χ1n) is 4.53. The van der Waals surface area contributed by atoms with Crippen molar-refractivity contribution in [2.24, 2.45) is 0 Å². The predicted octanol–water partition coefficient (Wildman–Crippen LogP) is -1.07. The second kappa shape index (κ2) is 4.37. The molecular weight excluding hydrogens is 264 g/mol. The van der Waals surface area contributed by atoms with Gasteiger partial charge in [-0.1, -0.05) is 11.3 Å². The number of nitrogens with zero attached hydrogens (tertiary/aromatic N) is 4. The highest BCUT2D eigenvalue weighted by atomic mass is 32.1. The minimum absolute atomic E-state index is 0.0503. The van der Waals surface area contributed by atoms with Gasteiger partial charge in [0.05, 0.1) is 17.7 Å². The number of nitrogens with one attached hydrogen (secondary N) is 1. The Morgan fingerprint density at radius 3 is 2.78 bits per heavy atom. The van der Waals surface area contributed by atoms with Crippen LogP contribution in [0.15, 0.2) is 15.8 Å². The Labute approximate surface area is 102 Å². The lowest BCUT2D eigenvalue weighted by Gasteiger charge is -2.00. The topological polar surface area (TPSA) is 150 Å². The number of nitro groups is 1. The third kappa shape index (κ3) is 2.24. The van der Waals surface area contributed by atoms with Crippen LogP contribution in [-0.2, 0) is 6.54 Å². The summed E-state index contributed by atoms with van der Waals surface area (Å²) in [6.07, 6.45) is 0.860. The van der Waals surface area contributed by atoms with Crippen molar-refractivity contribution in [2.45, 2.75) is 6.54 Å². The molecule has 11 heteroatoms. The molecule has 0 aromatic carbocycles. The van der Waals surface area contributed by atoms with Crippen LogP contribution in [0.25, 0.3) is 0 Å². The van der Waals surface area contributed by atoms with Gasteiger partial charge in [-0.3, -0.25) is 24.5 Å². The number of aromatic nitrogens is 4. The van der Waals surface area contributed by atoms with Crippen LogP contribution in [0, 0.1) is 10.1 Å².